The lowest BCUT2D eigenvalue weighted by Crippen LogP contribution is -1.95. The Morgan fingerprint density at radius 3 is 2.50 bits per heavy atom. The second-order valence-electron chi connectivity index (χ2n) is 3.19. The van der Waals surface area contributed by atoms with Gasteiger partial charge in [0.2, 0.25) is 0 Å². The lowest BCUT2D eigenvalue weighted by molar-refractivity contribution is 0.0696. The Balaban J connectivity index is 2.34. The standard InChI is InChI=1S/C11H8N2O3/c14-6-9-5-12-10(13-9)7-1-3-8(4-2-7)11(15)16/h1-6H,(H,12,13)(H,15,16). The van der Waals surface area contributed by atoms with Crippen LogP contribution in [0.25, 0.3) is 11.4 Å². The number of aromatic nitrogens is 2. The minimum absolute atomic E-state index is 0.214. The molecule has 16 heavy (non-hydrogen) atoms. The molecule has 0 saturated heterocycles. The number of benzene rings is 1. The normalized spacial score (nSPS) is 10.0. The van der Waals surface area contributed by atoms with E-state index in [1.807, 2.05) is 0 Å². The Morgan fingerprint density at radius 2 is 2.00 bits per heavy atom. The van der Waals surface area contributed by atoms with E-state index in [0.29, 0.717) is 17.8 Å². The monoisotopic (exact) mass is 216 g/mol. The summed E-state index contributed by atoms with van der Waals surface area (Å²) < 4.78 is 0. The number of carbonyl (C=O) groups is 2. The van der Waals surface area contributed by atoms with Gasteiger partial charge in [0.1, 0.15) is 5.82 Å². The number of nitrogens with one attached hydrogen (secondary N) is 1. The van der Waals surface area contributed by atoms with Crippen LogP contribution in [0.1, 0.15) is 20.8 Å². The third-order valence-corrected chi connectivity index (χ3v) is 2.13. The van der Waals surface area contributed by atoms with Gasteiger partial charge in [0.25, 0.3) is 0 Å². The first kappa shape index (κ1) is 10.1. The van der Waals surface area contributed by atoms with E-state index in [4.69, 9.17) is 5.11 Å². The molecule has 0 saturated carbocycles. The van der Waals surface area contributed by atoms with Crippen LogP contribution in [-0.4, -0.2) is 27.3 Å². The fourth-order valence-corrected chi connectivity index (χ4v) is 1.31. The zero-order valence-electron chi connectivity index (χ0n) is 8.18. The first-order chi connectivity index (χ1) is 7.70. The lowest BCUT2D eigenvalue weighted by Gasteiger charge is -1.97. The Kier molecular flexibility index (Phi) is 2.51. The van der Waals surface area contributed by atoms with Crippen molar-refractivity contribution in [2.24, 2.45) is 0 Å². The summed E-state index contributed by atoms with van der Waals surface area (Å²) in [7, 11) is 0. The topological polar surface area (TPSA) is 83.1 Å². The van der Waals surface area contributed by atoms with Gasteiger partial charge < -0.3 is 10.1 Å². The molecule has 0 unspecified atom stereocenters. The number of hydrogen-bond donors (Lipinski definition) is 2. The number of carboxylic acids is 1. The van der Waals surface area contributed by atoms with Gasteiger partial charge in [-0.3, -0.25) is 4.79 Å². The molecule has 0 aliphatic heterocycles. The highest BCUT2D eigenvalue weighted by atomic mass is 16.4. The molecule has 0 aliphatic carbocycles. The molecule has 0 amide bonds. The van der Waals surface area contributed by atoms with Crippen molar-refractivity contribution in [3.8, 4) is 11.4 Å². The molecule has 0 bridgehead atoms. The number of carboxylic acid groups (broad SMARTS) is 1. The molecule has 5 heteroatoms. The first-order valence-corrected chi connectivity index (χ1v) is 4.54. The molecular formula is C11H8N2O3. The Morgan fingerprint density at radius 1 is 1.31 bits per heavy atom. The maximum absolute atomic E-state index is 10.6. The zero-order chi connectivity index (χ0) is 11.5. The summed E-state index contributed by atoms with van der Waals surface area (Å²) in [6.07, 6.45) is 2.09. The van der Waals surface area contributed by atoms with E-state index >= 15 is 0 Å². The Hall–Kier alpha value is -2.43. The van der Waals surface area contributed by atoms with Crippen LogP contribution in [0.15, 0.2) is 30.5 Å². The molecule has 1 aromatic heterocycles. The number of H-pyrrole nitrogens is 1. The number of aromatic carboxylic acids is 1. The average molecular weight is 216 g/mol. The second kappa shape index (κ2) is 3.98. The minimum Gasteiger partial charge on any atom is -0.478 e. The van der Waals surface area contributed by atoms with Crippen molar-refractivity contribution in [2.45, 2.75) is 0 Å². The zero-order valence-corrected chi connectivity index (χ0v) is 8.18. The lowest BCUT2D eigenvalue weighted by atomic mass is 10.1. The highest BCUT2D eigenvalue weighted by molar-refractivity contribution is 5.88. The molecule has 1 heterocycles. The smallest absolute Gasteiger partial charge is 0.335 e. The molecule has 2 N–H and O–H groups in total. The summed E-state index contributed by atoms with van der Waals surface area (Å²) in [4.78, 5) is 27.9. The second-order valence-corrected chi connectivity index (χ2v) is 3.19. The van der Waals surface area contributed by atoms with Gasteiger partial charge in [-0.25, -0.2) is 9.78 Å². The van der Waals surface area contributed by atoms with E-state index in [9.17, 15) is 9.59 Å². The van der Waals surface area contributed by atoms with Crippen molar-refractivity contribution < 1.29 is 14.7 Å². The van der Waals surface area contributed by atoms with Crippen LogP contribution >= 0.6 is 0 Å². The summed E-state index contributed by atoms with van der Waals surface area (Å²) in [6, 6.07) is 6.25. The maximum atomic E-state index is 10.6. The van der Waals surface area contributed by atoms with Crippen LogP contribution in [0.3, 0.4) is 0 Å². The molecule has 0 aliphatic rings. The predicted molar refractivity (Wildman–Crippen MR) is 56.4 cm³/mol. The molecule has 2 aromatic rings. The van der Waals surface area contributed by atoms with E-state index in [1.165, 1.54) is 18.3 Å². The predicted octanol–water partition coefficient (Wildman–Crippen LogP) is 1.59. The van der Waals surface area contributed by atoms with Crippen LogP contribution in [0.4, 0.5) is 0 Å². The summed E-state index contributed by atoms with van der Waals surface area (Å²) in [6.45, 7) is 0. The van der Waals surface area contributed by atoms with Gasteiger partial charge in [-0.2, -0.15) is 0 Å². The van der Waals surface area contributed by atoms with Gasteiger partial charge >= 0.3 is 5.97 Å². The van der Waals surface area contributed by atoms with Crippen LogP contribution in [-0.2, 0) is 0 Å². The molecule has 0 spiro atoms. The number of nitrogens with zero attached hydrogens (tertiary/aromatic N) is 1. The fourth-order valence-electron chi connectivity index (χ4n) is 1.31. The number of rotatable bonds is 3. The number of imidazole rings is 1. The highest BCUT2D eigenvalue weighted by Crippen LogP contribution is 2.15. The molecule has 0 atom stereocenters. The van der Waals surface area contributed by atoms with Crippen molar-refractivity contribution in [3.63, 3.8) is 0 Å². The van der Waals surface area contributed by atoms with E-state index in [0.717, 1.165) is 5.56 Å². The van der Waals surface area contributed by atoms with Gasteiger partial charge in [0.05, 0.1) is 17.5 Å². The van der Waals surface area contributed by atoms with Gasteiger partial charge in [-0.15, -0.1) is 0 Å². The number of carbonyl (C=O) groups excluding carboxylic acids is 1. The maximum Gasteiger partial charge on any atom is 0.335 e. The van der Waals surface area contributed by atoms with Gasteiger partial charge in [0, 0.05) is 5.56 Å². The molecule has 1 aromatic carbocycles. The number of hydrogen-bond acceptors (Lipinski definition) is 3. The number of aromatic amines is 1. The van der Waals surface area contributed by atoms with Crippen molar-refractivity contribution >= 4 is 12.3 Å². The summed E-state index contributed by atoms with van der Waals surface area (Å²) >= 11 is 0. The third kappa shape index (κ3) is 1.83. The van der Waals surface area contributed by atoms with E-state index < -0.39 is 5.97 Å². The van der Waals surface area contributed by atoms with Crippen molar-refractivity contribution in [2.75, 3.05) is 0 Å². The average Bonchev–Trinajstić information content (AvgIpc) is 2.77. The SMILES string of the molecule is O=Cc1cnc(-c2ccc(C(=O)O)cc2)[nH]1. The largest absolute Gasteiger partial charge is 0.478 e. The molecule has 0 fully saturated rings. The van der Waals surface area contributed by atoms with E-state index in [1.54, 1.807) is 12.1 Å². The molecule has 5 nitrogen and oxygen atoms in total. The van der Waals surface area contributed by atoms with Gasteiger partial charge in [0.15, 0.2) is 6.29 Å². The highest BCUT2D eigenvalue weighted by Gasteiger charge is 2.05. The van der Waals surface area contributed by atoms with Crippen molar-refractivity contribution in [3.05, 3.63) is 41.7 Å². The Bertz CT molecular complexity index is 528. The minimum atomic E-state index is -0.973. The quantitative estimate of drug-likeness (QED) is 0.763. The third-order valence-electron chi connectivity index (χ3n) is 2.13. The molecular weight excluding hydrogens is 208 g/mol. The van der Waals surface area contributed by atoms with Crippen LogP contribution in [0, 0.1) is 0 Å². The van der Waals surface area contributed by atoms with Crippen LogP contribution in [0.2, 0.25) is 0 Å². The van der Waals surface area contributed by atoms with Gasteiger partial charge in [-0.05, 0) is 12.1 Å². The fraction of sp³-hybridized carbons (Fsp3) is 0. The molecule has 80 valence electrons. The Labute approximate surface area is 90.8 Å². The summed E-state index contributed by atoms with van der Waals surface area (Å²) in [5, 5.41) is 8.72. The molecule has 2 rings (SSSR count). The summed E-state index contributed by atoms with van der Waals surface area (Å²) in [5.74, 6) is -0.432. The number of aldehydes is 1. The van der Waals surface area contributed by atoms with E-state index in [-0.39, 0.29) is 5.56 Å². The molecule has 0 radical (unpaired) electrons. The van der Waals surface area contributed by atoms with Crippen LogP contribution < -0.4 is 0 Å². The van der Waals surface area contributed by atoms with E-state index in [2.05, 4.69) is 9.97 Å². The van der Waals surface area contributed by atoms with Crippen molar-refractivity contribution in [1.82, 2.24) is 9.97 Å². The first-order valence-electron chi connectivity index (χ1n) is 4.54. The van der Waals surface area contributed by atoms with Crippen LogP contribution in [0.5, 0.6) is 0 Å². The van der Waals surface area contributed by atoms with Gasteiger partial charge in [-0.1, -0.05) is 12.1 Å². The summed E-state index contributed by atoms with van der Waals surface area (Å²) in [5.41, 5.74) is 1.33. The van der Waals surface area contributed by atoms with Crippen molar-refractivity contribution in [1.29, 1.82) is 0 Å².